The molecule has 0 aliphatic heterocycles. The predicted molar refractivity (Wildman–Crippen MR) is 54.8 cm³/mol. The molecule has 0 saturated carbocycles. The molecule has 0 atom stereocenters. The molecule has 0 unspecified atom stereocenters. The van der Waals surface area contributed by atoms with Gasteiger partial charge in [-0.2, -0.15) is 5.10 Å². The summed E-state index contributed by atoms with van der Waals surface area (Å²) < 4.78 is 1.74. The van der Waals surface area contributed by atoms with Crippen LogP contribution in [-0.2, 0) is 11.3 Å². The number of aryl methyl sites for hydroxylation is 1. The lowest BCUT2D eigenvalue weighted by atomic mass is 10.1. The van der Waals surface area contributed by atoms with Crippen LogP contribution in [0.15, 0.2) is 12.3 Å². The van der Waals surface area contributed by atoms with Crippen LogP contribution in [0.2, 0.25) is 0 Å². The van der Waals surface area contributed by atoms with Gasteiger partial charge in [0.1, 0.15) is 0 Å². The highest BCUT2D eigenvalue weighted by Crippen LogP contribution is 2.06. The lowest BCUT2D eigenvalue weighted by molar-refractivity contribution is -0.120. The van der Waals surface area contributed by atoms with E-state index in [1.807, 2.05) is 6.92 Å². The second kappa shape index (κ2) is 3.79. The number of nitrogens with two attached hydrogens (primary N) is 1. The van der Waals surface area contributed by atoms with Gasteiger partial charge in [-0.05, 0) is 20.8 Å². The van der Waals surface area contributed by atoms with Crippen LogP contribution in [0.3, 0.4) is 0 Å². The van der Waals surface area contributed by atoms with Crippen molar-refractivity contribution >= 4 is 11.7 Å². The number of aromatic nitrogens is 2. The summed E-state index contributed by atoms with van der Waals surface area (Å²) in [5.41, 5.74) is 4.74. The molecule has 14 heavy (non-hydrogen) atoms. The molecule has 0 bridgehead atoms. The van der Waals surface area contributed by atoms with Gasteiger partial charge in [-0.3, -0.25) is 9.48 Å². The van der Waals surface area contributed by atoms with Crippen LogP contribution in [0.4, 0.5) is 5.82 Å². The third-order valence-corrected chi connectivity index (χ3v) is 1.79. The van der Waals surface area contributed by atoms with E-state index in [-0.39, 0.29) is 5.91 Å². The van der Waals surface area contributed by atoms with Gasteiger partial charge in [-0.1, -0.05) is 0 Å². The molecule has 0 aliphatic carbocycles. The van der Waals surface area contributed by atoms with Gasteiger partial charge in [-0.15, -0.1) is 0 Å². The first-order chi connectivity index (χ1) is 6.43. The average Bonchev–Trinajstić information content (AvgIpc) is 2.50. The molecule has 0 aromatic carbocycles. The van der Waals surface area contributed by atoms with Crippen LogP contribution in [0.5, 0.6) is 0 Å². The third kappa shape index (κ3) is 2.56. The fourth-order valence-corrected chi connectivity index (χ4v) is 0.882. The van der Waals surface area contributed by atoms with Gasteiger partial charge in [0, 0.05) is 18.8 Å². The summed E-state index contributed by atoms with van der Waals surface area (Å²) in [5.74, 6) is 0.300. The number of carbonyl (C=O) groups is 1. The lowest BCUT2D eigenvalue weighted by Crippen LogP contribution is -2.45. The quantitative estimate of drug-likeness (QED) is 0.742. The Balaban J connectivity index is 2.65. The summed E-state index contributed by atoms with van der Waals surface area (Å²) in [6.07, 6.45) is 1.80. The van der Waals surface area contributed by atoms with Gasteiger partial charge in [-0.25, -0.2) is 0 Å². The normalized spacial score (nSPS) is 11.4. The summed E-state index contributed by atoms with van der Waals surface area (Å²) >= 11 is 0. The first kappa shape index (κ1) is 10.7. The molecule has 3 N–H and O–H groups in total. The zero-order chi connectivity index (χ0) is 10.8. The van der Waals surface area contributed by atoms with Crippen LogP contribution in [0.25, 0.3) is 0 Å². The average molecular weight is 196 g/mol. The van der Waals surface area contributed by atoms with Gasteiger partial charge >= 0.3 is 0 Å². The molecule has 78 valence electrons. The molecule has 0 aliphatic rings. The number of amides is 1. The monoisotopic (exact) mass is 196 g/mol. The molecule has 5 nitrogen and oxygen atoms in total. The topological polar surface area (TPSA) is 72.9 Å². The van der Waals surface area contributed by atoms with Crippen molar-refractivity contribution in [1.29, 1.82) is 0 Å². The van der Waals surface area contributed by atoms with Crippen molar-refractivity contribution in [1.82, 2.24) is 9.78 Å². The van der Waals surface area contributed by atoms with Crippen LogP contribution >= 0.6 is 0 Å². The number of hydrogen-bond acceptors (Lipinski definition) is 3. The van der Waals surface area contributed by atoms with E-state index in [4.69, 9.17) is 5.73 Å². The van der Waals surface area contributed by atoms with Crippen LogP contribution in [-0.4, -0.2) is 21.2 Å². The Morgan fingerprint density at radius 3 is 2.79 bits per heavy atom. The predicted octanol–water partition coefficient (Wildman–Crippen LogP) is 0.579. The van der Waals surface area contributed by atoms with Crippen molar-refractivity contribution in [3.05, 3.63) is 12.3 Å². The van der Waals surface area contributed by atoms with E-state index in [2.05, 4.69) is 10.4 Å². The highest BCUT2D eigenvalue weighted by atomic mass is 16.2. The number of carbonyl (C=O) groups excluding carboxylic acids is 1. The van der Waals surface area contributed by atoms with E-state index in [1.165, 1.54) is 0 Å². The van der Waals surface area contributed by atoms with Crippen molar-refractivity contribution in [2.75, 3.05) is 5.32 Å². The van der Waals surface area contributed by atoms with Crippen LogP contribution < -0.4 is 11.1 Å². The van der Waals surface area contributed by atoms with Crippen molar-refractivity contribution < 1.29 is 4.79 Å². The van der Waals surface area contributed by atoms with E-state index in [1.54, 1.807) is 30.8 Å². The molecule has 1 aromatic rings. The molecule has 1 heterocycles. The summed E-state index contributed by atoms with van der Waals surface area (Å²) in [6, 6.07) is 1.74. The smallest absolute Gasteiger partial charge is 0.245 e. The van der Waals surface area contributed by atoms with Gasteiger partial charge in [0.25, 0.3) is 0 Å². The molecule has 0 fully saturated rings. The van der Waals surface area contributed by atoms with Crippen molar-refractivity contribution in [2.45, 2.75) is 32.9 Å². The van der Waals surface area contributed by atoms with Crippen molar-refractivity contribution in [3.63, 3.8) is 0 Å². The molecule has 5 heteroatoms. The Morgan fingerprint density at radius 1 is 1.71 bits per heavy atom. The Hall–Kier alpha value is -1.36. The van der Waals surface area contributed by atoms with E-state index in [0.29, 0.717) is 5.82 Å². The first-order valence-electron chi connectivity index (χ1n) is 4.57. The SMILES string of the molecule is CCn1ccc(NC(=O)C(C)(C)N)n1. The maximum Gasteiger partial charge on any atom is 0.245 e. The summed E-state index contributed by atoms with van der Waals surface area (Å²) in [7, 11) is 0. The molecule has 0 saturated heterocycles. The Kier molecular flexibility index (Phi) is 2.90. The summed E-state index contributed by atoms with van der Waals surface area (Å²) in [6.45, 7) is 6.06. The summed E-state index contributed by atoms with van der Waals surface area (Å²) in [4.78, 5) is 11.4. The van der Waals surface area contributed by atoms with Gasteiger partial charge in [0.05, 0.1) is 5.54 Å². The number of nitrogens with one attached hydrogen (secondary N) is 1. The molecular weight excluding hydrogens is 180 g/mol. The van der Waals surface area contributed by atoms with E-state index < -0.39 is 5.54 Å². The van der Waals surface area contributed by atoms with Crippen molar-refractivity contribution in [2.24, 2.45) is 5.73 Å². The molecule has 1 rings (SSSR count). The Labute approximate surface area is 83.3 Å². The first-order valence-corrected chi connectivity index (χ1v) is 4.57. The Bertz CT molecular complexity index is 324. The van der Waals surface area contributed by atoms with Crippen LogP contribution in [0, 0.1) is 0 Å². The van der Waals surface area contributed by atoms with Crippen molar-refractivity contribution in [3.8, 4) is 0 Å². The highest BCUT2D eigenvalue weighted by Gasteiger charge is 2.22. The highest BCUT2D eigenvalue weighted by molar-refractivity contribution is 5.96. The molecule has 0 radical (unpaired) electrons. The molecule has 1 aromatic heterocycles. The van der Waals surface area contributed by atoms with E-state index in [9.17, 15) is 4.79 Å². The minimum atomic E-state index is -0.879. The van der Waals surface area contributed by atoms with Gasteiger partial charge < -0.3 is 11.1 Å². The maximum absolute atomic E-state index is 11.4. The maximum atomic E-state index is 11.4. The molecule has 1 amide bonds. The number of rotatable bonds is 3. The standard InChI is InChI=1S/C9H16N4O/c1-4-13-6-5-7(12-13)11-8(14)9(2,3)10/h5-6H,4,10H2,1-3H3,(H,11,12,14). The fourth-order valence-electron chi connectivity index (χ4n) is 0.882. The zero-order valence-corrected chi connectivity index (χ0v) is 8.74. The minimum Gasteiger partial charge on any atom is -0.318 e. The summed E-state index contributed by atoms with van der Waals surface area (Å²) in [5, 5.41) is 6.75. The largest absolute Gasteiger partial charge is 0.318 e. The zero-order valence-electron chi connectivity index (χ0n) is 8.74. The lowest BCUT2D eigenvalue weighted by Gasteiger charge is -2.16. The molecular formula is C9H16N4O. The third-order valence-electron chi connectivity index (χ3n) is 1.79. The van der Waals surface area contributed by atoms with E-state index >= 15 is 0 Å². The van der Waals surface area contributed by atoms with Gasteiger partial charge in [0.15, 0.2) is 5.82 Å². The van der Waals surface area contributed by atoms with E-state index in [0.717, 1.165) is 6.54 Å². The number of hydrogen-bond donors (Lipinski definition) is 2. The Morgan fingerprint density at radius 2 is 2.36 bits per heavy atom. The van der Waals surface area contributed by atoms with Crippen LogP contribution in [0.1, 0.15) is 20.8 Å². The number of anilines is 1. The molecule has 0 spiro atoms. The second-order valence-corrected chi connectivity index (χ2v) is 3.73. The second-order valence-electron chi connectivity index (χ2n) is 3.73. The number of nitrogens with zero attached hydrogens (tertiary/aromatic N) is 2. The minimum absolute atomic E-state index is 0.237. The van der Waals surface area contributed by atoms with Gasteiger partial charge in [0.2, 0.25) is 5.91 Å². The fraction of sp³-hybridized carbons (Fsp3) is 0.556.